The predicted octanol–water partition coefficient (Wildman–Crippen LogP) is 4.27. The standard InChI is InChI=1S/C18H22FN/c1-13(2)10-14-6-5-8-16(11-14)18(20)12-15-7-3-4-9-17(15)19/h3-9,11,13,18H,10,12,20H2,1-2H3. The third kappa shape index (κ3) is 3.91. The molecule has 2 rings (SSSR count). The van der Waals surface area contributed by atoms with Crippen LogP contribution in [-0.2, 0) is 12.8 Å². The molecule has 2 heteroatoms. The van der Waals surface area contributed by atoms with E-state index in [4.69, 9.17) is 5.73 Å². The molecule has 0 aromatic heterocycles. The van der Waals surface area contributed by atoms with Crippen molar-refractivity contribution in [2.75, 3.05) is 0 Å². The molecule has 2 aromatic rings. The molecule has 1 unspecified atom stereocenters. The summed E-state index contributed by atoms with van der Waals surface area (Å²) in [7, 11) is 0. The lowest BCUT2D eigenvalue weighted by molar-refractivity contribution is 0.593. The molecule has 0 bridgehead atoms. The zero-order valence-corrected chi connectivity index (χ0v) is 12.1. The molecular formula is C18H22FN. The molecule has 2 N–H and O–H groups in total. The minimum Gasteiger partial charge on any atom is -0.324 e. The fraction of sp³-hybridized carbons (Fsp3) is 0.333. The molecule has 0 fully saturated rings. The Labute approximate surface area is 120 Å². The van der Waals surface area contributed by atoms with Crippen molar-refractivity contribution in [1.29, 1.82) is 0 Å². The highest BCUT2D eigenvalue weighted by atomic mass is 19.1. The van der Waals surface area contributed by atoms with Gasteiger partial charge in [0, 0.05) is 6.04 Å². The molecule has 1 nitrogen and oxygen atoms in total. The molecule has 106 valence electrons. The van der Waals surface area contributed by atoms with E-state index in [1.807, 2.05) is 18.2 Å². The fourth-order valence-corrected chi connectivity index (χ4v) is 2.44. The van der Waals surface area contributed by atoms with Crippen LogP contribution in [0, 0.1) is 11.7 Å². The molecule has 0 spiro atoms. The Hall–Kier alpha value is -1.67. The first-order valence-electron chi connectivity index (χ1n) is 7.14. The van der Waals surface area contributed by atoms with Gasteiger partial charge in [0.05, 0.1) is 0 Å². The Morgan fingerprint density at radius 3 is 2.45 bits per heavy atom. The van der Waals surface area contributed by atoms with Crippen LogP contribution in [0.5, 0.6) is 0 Å². The largest absolute Gasteiger partial charge is 0.324 e. The van der Waals surface area contributed by atoms with Crippen molar-refractivity contribution in [3.63, 3.8) is 0 Å². The van der Waals surface area contributed by atoms with Gasteiger partial charge in [0.25, 0.3) is 0 Å². The molecule has 0 aliphatic carbocycles. The summed E-state index contributed by atoms with van der Waals surface area (Å²) in [6.45, 7) is 4.40. The summed E-state index contributed by atoms with van der Waals surface area (Å²) in [5.41, 5.74) is 9.27. The van der Waals surface area contributed by atoms with Crippen LogP contribution < -0.4 is 5.73 Å². The van der Waals surface area contributed by atoms with Gasteiger partial charge in [0.15, 0.2) is 0 Å². The summed E-state index contributed by atoms with van der Waals surface area (Å²) in [6, 6.07) is 15.0. The Kier molecular flexibility index (Phi) is 4.91. The number of halogens is 1. The third-order valence-corrected chi connectivity index (χ3v) is 3.42. The highest BCUT2D eigenvalue weighted by Crippen LogP contribution is 2.20. The van der Waals surface area contributed by atoms with Gasteiger partial charge in [-0.25, -0.2) is 4.39 Å². The molecule has 0 aliphatic rings. The average molecular weight is 271 g/mol. The second-order valence-electron chi connectivity index (χ2n) is 5.75. The molecule has 1 atom stereocenters. The number of rotatable bonds is 5. The van der Waals surface area contributed by atoms with Crippen molar-refractivity contribution >= 4 is 0 Å². The van der Waals surface area contributed by atoms with Crippen LogP contribution in [0.4, 0.5) is 4.39 Å². The van der Waals surface area contributed by atoms with Crippen LogP contribution in [0.1, 0.15) is 36.6 Å². The van der Waals surface area contributed by atoms with Gasteiger partial charge in [-0.2, -0.15) is 0 Å². The van der Waals surface area contributed by atoms with Crippen LogP contribution in [-0.4, -0.2) is 0 Å². The predicted molar refractivity (Wildman–Crippen MR) is 82.0 cm³/mol. The van der Waals surface area contributed by atoms with Crippen molar-refractivity contribution < 1.29 is 4.39 Å². The maximum atomic E-state index is 13.7. The highest BCUT2D eigenvalue weighted by molar-refractivity contribution is 5.28. The van der Waals surface area contributed by atoms with E-state index in [1.165, 1.54) is 11.6 Å². The van der Waals surface area contributed by atoms with Gasteiger partial charge in [-0.15, -0.1) is 0 Å². The summed E-state index contributed by atoms with van der Waals surface area (Å²) >= 11 is 0. The summed E-state index contributed by atoms with van der Waals surface area (Å²) < 4.78 is 13.7. The first-order valence-corrected chi connectivity index (χ1v) is 7.14. The van der Waals surface area contributed by atoms with E-state index in [1.54, 1.807) is 12.1 Å². The van der Waals surface area contributed by atoms with Crippen molar-refractivity contribution in [3.05, 3.63) is 71.0 Å². The minimum absolute atomic E-state index is 0.168. The van der Waals surface area contributed by atoms with E-state index in [9.17, 15) is 4.39 Å². The Bertz CT molecular complexity index is 563. The molecular weight excluding hydrogens is 249 g/mol. The SMILES string of the molecule is CC(C)Cc1cccc(C(N)Cc2ccccc2F)c1. The molecule has 0 aliphatic heterocycles. The van der Waals surface area contributed by atoms with E-state index in [0.29, 0.717) is 17.9 Å². The van der Waals surface area contributed by atoms with Crippen LogP contribution in [0.15, 0.2) is 48.5 Å². The molecule has 20 heavy (non-hydrogen) atoms. The first-order chi connectivity index (χ1) is 9.56. The van der Waals surface area contributed by atoms with Gasteiger partial charge < -0.3 is 5.73 Å². The van der Waals surface area contributed by atoms with E-state index in [0.717, 1.165) is 12.0 Å². The topological polar surface area (TPSA) is 26.0 Å². The van der Waals surface area contributed by atoms with Crippen LogP contribution >= 0.6 is 0 Å². The van der Waals surface area contributed by atoms with Crippen LogP contribution in [0.25, 0.3) is 0 Å². The zero-order chi connectivity index (χ0) is 14.5. The second kappa shape index (κ2) is 6.67. The maximum absolute atomic E-state index is 13.7. The average Bonchev–Trinajstić information content (AvgIpc) is 2.41. The van der Waals surface area contributed by atoms with Crippen molar-refractivity contribution in [2.45, 2.75) is 32.7 Å². The van der Waals surface area contributed by atoms with Gasteiger partial charge in [-0.3, -0.25) is 0 Å². The zero-order valence-electron chi connectivity index (χ0n) is 12.1. The van der Waals surface area contributed by atoms with Gasteiger partial charge in [-0.05, 0) is 41.5 Å². The molecule has 0 heterocycles. The van der Waals surface area contributed by atoms with E-state index in [2.05, 4.69) is 26.0 Å². The van der Waals surface area contributed by atoms with Crippen molar-refractivity contribution in [1.82, 2.24) is 0 Å². The molecule has 0 saturated carbocycles. The van der Waals surface area contributed by atoms with Crippen LogP contribution in [0.2, 0.25) is 0 Å². The Morgan fingerprint density at radius 1 is 1.00 bits per heavy atom. The Morgan fingerprint density at radius 2 is 1.75 bits per heavy atom. The summed E-state index contributed by atoms with van der Waals surface area (Å²) in [6.07, 6.45) is 1.57. The number of hydrogen-bond acceptors (Lipinski definition) is 1. The molecule has 0 amide bonds. The quantitative estimate of drug-likeness (QED) is 0.863. The lowest BCUT2D eigenvalue weighted by Gasteiger charge is -2.14. The lowest BCUT2D eigenvalue weighted by Crippen LogP contribution is -2.14. The van der Waals surface area contributed by atoms with E-state index >= 15 is 0 Å². The summed E-state index contributed by atoms with van der Waals surface area (Å²) in [5.74, 6) is 0.439. The monoisotopic (exact) mass is 271 g/mol. The van der Waals surface area contributed by atoms with Crippen molar-refractivity contribution in [3.8, 4) is 0 Å². The Balaban J connectivity index is 2.13. The normalized spacial score (nSPS) is 12.7. The third-order valence-electron chi connectivity index (χ3n) is 3.42. The van der Waals surface area contributed by atoms with Crippen molar-refractivity contribution in [2.24, 2.45) is 11.7 Å². The van der Waals surface area contributed by atoms with Crippen LogP contribution in [0.3, 0.4) is 0 Å². The maximum Gasteiger partial charge on any atom is 0.126 e. The smallest absolute Gasteiger partial charge is 0.126 e. The van der Waals surface area contributed by atoms with E-state index < -0.39 is 0 Å². The molecule has 0 radical (unpaired) electrons. The molecule has 2 aromatic carbocycles. The van der Waals surface area contributed by atoms with Gasteiger partial charge in [0.2, 0.25) is 0 Å². The second-order valence-corrected chi connectivity index (χ2v) is 5.75. The minimum atomic E-state index is -0.179. The number of hydrogen-bond donors (Lipinski definition) is 1. The van der Waals surface area contributed by atoms with E-state index in [-0.39, 0.29) is 11.9 Å². The summed E-state index contributed by atoms with van der Waals surface area (Å²) in [4.78, 5) is 0. The molecule has 0 saturated heterocycles. The highest BCUT2D eigenvalue weighted by Gasteiger charge is 2.10. The fourth-order valence-electron chi connectivity index (χ4n) is 2.44. The van der Waals surface area contributed by atoms with Gasteiger partial charge in [-0.1, -0.05) is 56.3 Å². The first kappa shape index (κ1) is 14.7. The number of benzene rings is 2. The van der Waals surface area contributed by atoms with Gasteiger partial charge in [0.1, 0.15) is 5.82 Å². The van der Waals surface area contributed by atoms with Gasteiger partial charge >= 0.3 is 0 Å². The number of nitrogens with two attached hydrogens (primary N) is 1. The summed E-state index contributed by atoms with van der Waals surface area (Å²) in [5, 5.41) is 0. The lowest BCUT2D eigenvalue weighted by atomic mass is 9.95.